The molecule has 0 bridgehead atoms. The van der Waals surface area contributed by atoms with Gasteiger partial charge in [0.25, 0.3) is 0 Å². The van der Waals surface area contributed by atoms with Gasteiger partial charge in [0.05, 0.1) is 6.10 Å². The molecule has 1 aromatic rings. The second kappa shape index (κ2) is 5.52. The van der Waals surface area contributed by atoms with Crippen LogP contribution in [0.15, 0.2) is 18.2 Å². The van der Waals surface area contributed by atoms with Crippen LogP contribution in [-0.4, -0.2) is 16.5 Å². The Hall–Kier alpha value is -0.540. The maximum absolute atomic E-state index is 13.0. The summed E-state index contributed by atoms with van der Waals surface area (Å²) in [4.78, 5) is 0. The van der Waals surface area contributed by atoms with E-state index in [1.54, 1.807) is 30.8 Å². The number of halogens is 1. The number of hydrogen-bond donors (Lipinski definition) is 1. The van der Waals surface area contributed by atoms with Gasteiger partial charge in [0.15, 0.2) is 0 Å². The van der Waals surface area contributed by atoms with Crippen LogP contribution in [-0.2, 0) is 5.75 Å². The number of aryl methyl sites for hydroxylation is 1. The molecule has 0 amide bonds. The number of thioether (sulfide) groups is 1. The van der Waals surface area contributed by atoms with Crippen LogP contribution in [0, 0.1) is 12.7 Å². The summed E-state index contributed by atoms with van der Waals surface area (Å²) < 4.78 is 13.0. The molecule has 84 valence electrons. The van der Waals surface area contributed by atoms with E-state index in [9.17, 15) is 9.50 Å². The standard InChI is InChI=1S/C12H17FOS/c1-8-4-5-12(13)6-11(8)7-15-10(3)9(2)14/h4-6,9-10,14H,7H2,1-3H3. The van der Waals surface area contributed by atoms with Gasteiger partial charge >= 0.3 is 0 Å². The molecule has 0 aliphatic heterocycles. The van der Waals surface area contributed by atoms with Crippen molar-refractivity contribution in [3.63, 3.8) is 0 Å². The highest BCUT2D eigenvalue weighted by Gasteiger charge is 2.10. The molecule has 0 saturated carbocycles. The van der Waals surface area contributed by atoms with E-state index >= 15 is 0 Å². The lowest BCUT2D eigenvalue weighted by Crippen LogP contribution is -2.15. The van der Waals surface area contributed by atoms with E-state index in [0.29, 0.717) is 0 Å². The van der Waals surface area contributed by atoms with Gasteiger partial charge in [-0.05, 0) is 37.1 Å². The van der Waals surface area contributed by atoms with E-state index in [4.69, 9.17) is 0 Å². The number of aliphatic hydroxyl groups is 1. The Kier molecular flexibility index (Phi) is 4.61. The second-order valence-electron chi connectivity index (χ2n) is 3.83. The van der Waals surface area contributed by atoms with Crippen LogP contribution in [0.1, 0.15) is 25.0 Å². The summed E-state index contributed by atoms with van der Waals surface area (Å²) in [5, 5.41) is 9.50. The highest BCUT2D eigenvalue weighted by Crippen LogP contribution is 2.22. The van der Waals surface area contributed by atoms with E-state index in [1.165, 1.54) is 6.07 Å². The van der Waals surface area contributed by atoms with Gasteiger partial charge in [-0.25, -0.2) is 4.39 Å². The Labute approximate surface area is 94.7 Å². The molecule has 1 aromatic carbocycles. The summed E-state index contributed by atoms with van der Waals surface area (Å²) in [6.45, 7) is 5.72. The first-order valence-electron chi connectivity index (χ1n) is 5.05. The van der Waals surface area contributed by atoms with Crippen molar-refractivity contribution in [1.29, 1.82) is 0 Å². The lowest BCUT2D eigenvalue weighted by molar-refractivity contribution is 0.196. The van der Waals surface area contributed by atoms with Gasteiger partial charge < -0.3 is 5.11 Å². The SMILES string of the molecule is Cc1ccc(F)cc1CSC(C)C(C)O. The molecule has 1 N–H and O–H groups in total. The average Bonchev–Trinajstić information content (AvgIpc) is 2.18. The van der Waals surface area contributed by atoms with E-state index in [-0.39, 0.29) is 17.2 Å². The largest absolute Gasteiger partial charge is 0.392 e. The van der Waals surface area contributed by atoms with Crippen molar-refractivity contribution >= 4 is 11.8 Å². The van der Waals surface area contributed by atoms with Crippen LogP contribution >= 0.6 is 11.8 Å². The molecular formula is C12H17FOS. The maximum atomic E-state index is 13.0. The monoisotopic (exact) mass is 228 g/mol. The van der Waals surface area contributed by atoms with Crippen LogP contribution in [0.3, 0.4) is 0 Å². The fraction of sp³-hybridized carbons (Fsp3) is 0.500. The topological polar surface area (TPSA) is 20.2 Å². The molecule has 0 fully saturated rings. The van der Waals surface area contributed by atoms with E-state index in [2.05, 4.69) is 0 Å². The van der Waals surface area contributed by atoms with Gasteiger partial charge in [-0.2, -0.15) is 11.8 Å². The molecule has 0 heterocycles. The smallest absolute Gasteiger partial charge is 0.123 e. The van der Waals surface area contributed by atoms with Crippen molar-refractivity contribution in [2.45, 2.75) is 37.9 Å². The van der Waals surface area contributed by atoms with Crippen molar-refractivity contribution < 1.29 is 9.50 Å². The summed E-state index contributed by atoms with van der Waals surface area (Å²) in [5.74, 6) is 0.552. The molecule has 15 heavy (non-hydrogen) atoms. The molecule has 0 aromatic heterocycles. The van der Waals surface area contributed by atoms with Gasteiger partial charge in [-0.3, -0.25) is 0 Å². The summed E-state index contributed by atoms with van der Waals surface area (Å²) in [6.07, 6.45) is -0.330. The summed E-state index contributed by atoms with van der Waals surface area (Å²) in [7, 11) is 0. The Morgan fingerprint density at radius 2 is 2.07 bits per heavy atom. The summed E-state index contributed by atoms with van der Waals surface area (Å²) >= 11 is 1.64. The highest BCUT2D eigenvalue weighted by molar-refractivity contribution is 7.99. The zero-order valence-electron chi connectivity index (χ0n) is 9.33. The molecule has 3 heteroatoms. The second-order valence-corrected chi connectivity index (χ2v) is 5.19. The first-order valence-corrected chi connectivity index (χ1v) is 6.10. The normalized spacial score (nSPS) is 15.0. The molecule has 0 aliphatic rings. The van der Waals surface area contributed by atoms with Gasteiger partial charge in [0.2, 0.25) is 0 Å². The third-order valence-corrected chi connectivity index (χ3v) is 3.89. The Morgan fingerprint density at radius 3 is 2.67 bits per heavy atom. The first-order chi connectivity index (χ1) is 7.00. The number of rotatable bonds is 4. The van der Waals surface area contributed by atoms with Crippen molar-refractivity contribution in [1.82, 2.24) is 0 Å². The molecule has 0 aliphatic carbocycles. The minimum atomic E-state index is -0.330. The van der Waals surface area contributed by atoms with Crippen molar-refractivity contribution in [2.75, 3.05) is 0 Å². The zero-order chi connectivity index (χ0) is 11.4. The Bertz CT molecular complexity index is 325. The average molecular weight is 228 g/mol. The van der Waals surface area contributed by atoms with Gasteiger partial charge in [0, 0.05) is 11.0 Å². The molecule has 2 unspecified atom stereocenters. The Balaban J connectivity index is 2.61. The Morgan fingerprint density at radius 1 is 1.40 bits per heavy atom. The summed E-state index contributed by atoms with van der Waals surface area (Å²) in [5.41, 5.74) is 2.11. The lowest BCUT2D eigenvalue weighted by Gasteiger charge is -2.14. The summed E-state index contributed by atoms with van der Waals surface area (Å²) in [6, 6.07) is 4.83. The van der Waals surface area contributed by atoms with E-state index in [0.717, 1.165) is 16.9 Å². The molecule has 2 atom stereocenters. The minimum Gasteiger partial charge on any atom is -0.392 e. The minimum absolute atomic E-state index is 0.174. The highest BCUT2D eigenvalue weighted by atomic mass is 32.2. The number of hydrogen-bond acceptors (Lipinski definition) is 2. The number of aliphatic hydroxyl groups excluding tert-OH is 1. The van der Waals surface area contributed by atoms with E-state index in [1.807, 2.05) is 13.8 Å². The predicted molar refractivity (Wildman–Crippen MR) is 63.6 cm³/mol. The van der Waals surface area contributed by atoms with Crippen LogP contribution in [0.2, 0.25) is 0 Å². The van der Waals surface area contributed by atoms with Crippen LogP contribution in [0.5, 0.6) is 0 Å². The van der Waals surface area contributed by atoms with Gasteiger partial charge in [-0.15, -0.1) is 0 Å². The molecule has 0 spiro atoms. The quantitative estimate of drug-likeness (QED) is 0.854. The van der Waals surface area contributed by atoms with Gasteiger partial charge in [0.1, 0.15) is 5.82 Å². The van der Waals surface area contributed by atoms with Crippen LogP contribution < -0.4 is 0 Å². The first kappa shape index (κ1) is 12.5. The van der Waals surface area contributed by atoms with Gasteiger partial charge in [-0.1, -0.05) is 13.0 Å². The van der Waals surface area contributed by atoms with E-state index < -0.39 is 0 Å². The zero-order valence-corrected chi connectivity index (χ0v) is 10.1. The van der Waals surface area contributed by atoms with Crippen molar-refractivity contribution in [3.05, 3.63) is 35.1 Å². The molecule has 1 rings (SSSR count). The van der Waals surface area contributed by atoms with Crippen LogP contribution in [0.25, 0.3) is 0 Å². The molecular weight excluding hydrogens is 211 g/mol. The maximum Gasteiger partial charge on any atom is 0.123 e. The molecule has 0 saturated heterocycles. The fourth-order valence-electron chi connectivity index (χ4n) is 1.16. The lowest BCUT2D eigenvalue weighted by atomic mass is 10.1. The third-order valence-electron chi connectivity index (χ3n) is 2.49. The predicted octanol–water partition coefficient (Wildman–Crippen LogP) is 3.14. The number of benzene rings is 1. The van der Waals surface area contributed by atoms with Crippen molar-refractivity contribution in [2.24, 2.45) is 0 Å². The molecule has 1 nitrogen and oxygen atoms in total. The van der Waals surface area contributed by atoms with Crippen molar-refractivity contribution in [3.8, 4) is 0 Å². The third kappa shape index (κ3) is 3.84. The van der Waals surface area contributed by atoms with Crippen LogP contribution in [0.4, 0.5) is 4.39 Å². The fourth-order valence-corrected chi connectivity index (χ4v) is 2.19. The molecule has 0 radical (unpaired) electrons.